The van der Waals surface area contributed by atoms with Gasteiger partial charge in [-0.15, -0.1) is 0 Å². The van der Waals surface area contributed by atoms with Crippen LogP contribution in [0.2, 0.25) is 0 Å². The highest BCUT2D eigenvalue weighted by molar-refractivity contribution is 14.1. The second-order valence-corrected chi connectivity index (χ2v) is 5.46. The Hall–Kier alpha value is -0.200. The predicted molar refractivity (Wildman–Crippen MR) is 77.5 cm³/mol. The molecule has 1 fully saturated rings. The zero-order chi connectivity index (χ0) is 12.8. The molecule has 2 rings (SSSR count). The molecule has 0 saturated carbocycles. The molecule has 4 heteroatoms. The van der Waals surface area contributed by atoms with Crippen molar-refractivity contribution < 1.29 is 13.9 Å². The molecule has 1 aliphatic rings. The number of ether oxygens (including phenoxy) is 2. The van der Waals surface area contributed by atoms with Gasteiger partial charge in [-0.3, -0.25) is 0 Å². The maximum absolute atomic E-state index is 12.9. The standard InChI is InChI=1S/C14H18FIO2/c15-13-3-1-12(2-4-13)14(9-16)18-10-11-5-7-17-8-6-11/h1-4,11,14H,5-10H2. The van der Waals surface area contributed by atoms with Gasteiger partial charge in [0.2, 0.25) is 0 Å². The van der Waals surface area contributed by atoms with E-state index < -0.39 is 0 Å². The van der Waals surface area contributed by atoms with E-state index in [1.807, 2.05) is 12.1 Å². The summed E-state index contributed by atoms with van der Waals surface area (Å²) in [6, 6.07) is 6.60. The third kappa shape index (κ3) is 4.17. The average molecular weight is 364 g/mol. The fraction of sp³-hybridized carbons (Fsp3) is 0.571. The minimum absolute atomic E-state index is 0.0639. The van der Waals surface area contributed by atoms with Crippen LogP contribution >= 0.6 is 22.6 Å². The van der Waals surface area contributed by atoms with E-state index in [2.05, 4.69) is 22.6 Å². The number of rotatable bonds is 5. The van der Waals surface area contributed by atoms with Gasteiger partial charge in [0.05, 0.1) is 12.7 Å². The summed E-state index contributed by atoms with van der Waals surface area (Å²) < 4.78 is 25.1. The van der Waals surface area contributed by atoms with Crippen molar-refractivity contribution in [2.45, 2.75) is 18.9 Å². The van der Waals surface area contributed by atoms with Crippen LogP contribution in [0.15, 0.2) is 24.3 Å². The summed E-state index contributed by atoms with van der Waals surface area (Å²) in [6.07, 6.45) is 2.23. The van der Waals surface area contributed by atoms with Crippen molar-refractivity contribution in [1.29, 1.82) is 0 Å². The molecule has 0 aliphatic carbocycles. The van der Waals surface area contributed by atoms with Crippen molar-refractivity contribution in [3.05, 3.63) is 35.6 Å². The Kier molecular flexibility index (Phi) is 5.85. The van der Waals surface area contributed by atoms with Crippen molar-refractivity contribution in [2.24, 2.45) is 5.92 Å². The summed E-state index contributed by atoms with van der Waals surface area (Å²) in [7, 11) is 0. The molecule has 0 N–H and O–H groups in total. The lowest BCUT2D eigenvalue weighted by Crippen LogP contribution is -2.21. The molecule has 1 unspecified atom stereocenters. The number of benzene rings is 1. The van der Waals surface area contributed by atoms with Crippen LogP contribution in [0.4, 0.5) is 4.39 Å². The van der Waals surface area contributed by atoms with Crippen LogP contribution in [-0.2, 0) is 9.47 Å². The van der Waals surface area contributed by atoms with Gasteiger partial charge in [0, 0.05) is 17.6 Å². The second-order valence-electron chi connectivity index (χ2n) is 4.58. The summed E-state index contributed by atoms with van der Waals surface area (Å²) in [5.41, 5.74) is 1.05. The van der Waals surface area contributed by atoms with E-state index in [0.29, 0.717) is 5.92 Å². The van der Waals surface area contributed by atoms with E-state index in [0.717, 1.165) is 42.7 Å². The first kappa shape index (κ1) is 14.2. The summed E-state index contributed by atoms with van der Waals surface area (Å²) >= 11 is 2.31. The van der Waals surface area contributed by atoms with Crippen LogP contribution in [0, 0.1) is 11.7 Å². The molecule has 1 aromatic rings. The number of halogens is 2. The molecule has 0 aromatic heterocycles. The Morgan fingerprint density at radius 1 is 1.28 bits per heavy atom. The Balaban J connectivity index is 1.86. The van der Waals surface area contributed by atoms with Crippen molar-refractivity contribution in [3.8, 4) is 0 Å². The lowest BCUT2D eigenvalue weighted by molar-refractivity contribution is -0.00325. The number of hydrogen-bond donors (Lipinski definition) is 0. The van der Waals surface area contributed by atoms with Gasteiger partial charge < -0.3 is 9.47 Å². The smallest absolute Gasteiger partial charge is 0.123 e. The average Bonchev–Trinajstić information content (AvgIpc) is 2.42. The van der Waals surface area contributed by atoms with Gasteiger partial charge in [0.25, 0.3) is 0 Å². The van der Waals surface area contributed by atoms with Crippen LogP contribution in [0.1, 0.15) is 24.5 Å². The van der Waals surface area contributed by atoms with Gasteiger partial charge in [-0.25, -0.2) is 4.39 Å². The van der Waals surface area contributed by atoms with Gasteiger partial charge in [0.1, 0.15) is 5.82 Å². The first-order valence-corrected chi connectivity index (χ1v) is 7.83. The summed E-state index contributed by atoms with van der Waals surface area (Å²) in [5.74, 6) is 0.403. The molecular formula is C14H18FIO2. The Morgan fingerprint density at radius 3 is 2.56 bits per heavy atom. The lowest BCUT2D eigenvalue weighted by Gasteiger charge is -2.24. The van der Waals surface area contributed by atoms with E-state index in [1.54, 1.807) is 0 Å². The summed E-state index contributed by atoms with van der Waals surface area (Å²) in [5, 5.41) is 0. The van der Waals surface area contributed by atoms with E-state index in [-0.39, 0.29) is 11.9 Å². The number of hydrogen-bond acceptors (Lipinski definition) is 2. The van der Waals surface area contributed by atoms with Gasteiger partial charge in [-0.2, -0.15) is 0 Å². The highest BCUT2D eigenvalue weighted by atomic mass is 127. The van der Waals surface area contributed by atoms with E-state index in [9.17, 15) is 4.39 Å². The highest BCUT2D eigenvalue weighted by Crippen LogP contribution is 2.23. The van der Waals surface area contributed by atoms with Gasteiger partial charge >= 0.3 is 0 Å². The maximum atomic E-state index is 12.9. The predicted octanol–water partition coefficient (Wildman–Crippen LogP) is 3.75. The van der Waals surface area contributed by atoms with Crippen LogP contribution in [-0.4, -0.2) is 24.2 Å². The molecule has 100 valence electrons. The normalized spacial score (nSPS) is 18.8. The molecule has 1 aliphatic heterocycles. The Labute approximate surface area is 121 Å². The topological polar surface area (TPSA) is 18.5 Å². The van der Waals surface area contributed by atoms with E-state index >= 15 is 0 Å². The first-order valence-electron chi connectivity index (χ1n) is 6.30. The fourth-order valence-corrected chi connectivity index (χ4v) is 2.84. The van der Waals surface area contributed by atoms with Crippen molar-refractivity contribution >= 4 is 22.6 Å². The van der Waals surface area contributed by atoms with Crippen LogP contribution < -0.4 is 0 Å². The Bertz CT molecular complexity index is 349. The first-order chi connectivity index (χ1) is 8.79. The van der Waals surface area contributed by atoms with Crippen LogP contribution in [0.25, 0.3) is 0 Å². The number of alkyl halides is 1. The molecular weight excluding hydrogens is 346 g/mol. The third-order valence-electron chi connectivity index (χ3n) is 3.26. The van der Waals surface area contributed by atoms with Crippen molar-refractivity contribution in [2.75, 3.05) is 24.2 Å². The largest absolute Gasteiger partial charge is 0.381 e. The molecule has 2 nitrogen and oxygen atoms in total. The zero-order valence-corrected chi connectivity index (χ0v) is 12.4. The van der Waals surface area contributed by atoms with Crippen LogP contribution in [0.3, 0.4) is 0 Å². The van der Waals surface area contributed by atoms with Crippen LogP contribution in [0.5, 0.6) is 0 Å². The monoisotopic (exact) mass is 364 g/mol. The lowest BCUT2D eigenvalue weighted by atomic mass is 10.0. The fourth-order valence-electron chi connectivity index (χ4n) is 2.07. The van der Waals surface area contributed by atoms with Gasteiger partial charge in [-0.1, -0.05) is 34.7 Å². The van der Waals surface area contributed by atoms with Crippen molar-refractivity contribution in [1.82, 2.24) is 0 Å². The maximum Gasteiger partial charge on any atom is 0.123 e. The minimum atomic E-state index is -0.199. The molecule has 0 amide bonds. The summed E-state index contributed by atoms with van der Waals surface area (Å²) in [6.45, 7) is 2.47. The second kappa shape index (κ2) is 7.40. The van der Waals surface area contributed by atoms with E-state index in [4.69, 9.17) is 9.47 Å². The van der Waals surface area contributed by atoms with Gasteiger partial charge in [-0.05, 0) is 36.5 Å². The van der Waals surface area contributed by atoms with Crippen molar-refractivity contribution in [3.63, 3.8) is 0 Å². The highest BCUT2D eigenvalue weighted by Gasteiger charge is 2.17. The Morgan fingerprint density at radius 2 is 1.94 bits per heavy atom. The molecule has 0 radical (unpaired) electrons. The zero-order valence-electron chi connectivity index (χ0n) is 10.3. The third-order valence-corrected chi connectivity index (χ3v) is 4.06. The molecule has 18 heavy (non-hydrogen) atoms. The SMILES string of the molecule is Fc1ccc(C(CI)OCC2CCOCC2)cc1. The molecule has 1 heterocycles. The molecule has 1 saturated heterocycles. The summed E-state index contributed by atoms with van der Waals surface area (Å²) in [4.78, 5) is 0. The van der Waals surface area contributed by atoms with Gasteiger partial charge in [0.15, 0.2) is 0 Å². The molecule has 0 bridgehead atoms. The molecule has 1 aromatic carbocycles. The quantitative estimate of drug-likeness (QED) is 0.585. The minimum Gasteiger partial charge on any atom is -0.381 e. The molecule has 0 spiro atoms. The van der Waals surface area contributed by atoms with E-state index in [1.165, 1.54) is 12.1 Å². The molecule has 1 atom stereocenters.